The van der Waals surface area contributed by atoms with Crippen molar-refractivity contribution in [3.8, 4) is 0 Å². The summed E-state index contributed by atoms with van der Waals surface area (Å²) in [4.78, 5) is 1.47. The fourth-order valence-corrected chi connectivity index (χ4v) is 2.76. The number of fused-ring (bicyclic) bond motifs is 1. The van der Waals surface area contributed by atoms with Crippen LogP contribution in [0.5, 0.6) is 0 Å². The lowest BCUT2D eigenvalue weighted by molar-refractivity contribution is 0.0493. The topological polar surface area (TPSA) is 35.2 Å². The Morgan fingerprint density at radius 2 is 2.58 bits per heavy atom. The Labute approximate surface area is 76.3 Å². The highest BCUT2D eigenvalue weighted by molar-refractivity contribution is 7.10. The Bertz CT molecular complexity index is 282. The van der Waals surface area contributed by atoms with Crippen molar-refractivity contribution in [2.75, 3.05) is 13.2 Å². The van der Waals surface area contributed by atoms with Gasteiger partial charge in [0.25, 0.3) is 0 Å². The number of thiophene rings is 1. The van der Waals surface area contributed by atoms with Gasteiger partial charge in [0.2, 0.25) is 0 Å². The standard InChI is InChI=1S/C9H13NOS/c1-6-5-12-8-2-3-11-7(4-10)9(6)8/h5,7H,2-4,10H2,1H3. The number of hydrogen-bond acceptors (Lipinski definition) is 3. The van der Waals surface area contributed by atoms with Gasteiger partial charge in [0.05, 0.1) is 12.7 Å². The van der Waals surface area contributed by atoms with Crippen molar-refractivity contribution in [2.45, 2.75) is 19.4 Å². The zero-order valence-electron chi connectivity index (χ0n) is 7.17. The average Bonchev–Trinajstić information content (AvgIpc) is 2.48. The Kier molecular flexibility index (Phi) is 2.17. The van der Waals surface area contributed by atoms with E-state index in [0.717, 1.165) is 13.0 Å². The van der Waals surface area contributed by atoms with Gasteiger partial charge in [0.15, 0.2) is 0 Å². The van der Waals surface area contributed by atoms with Crippen molar-refractivity contribution < 1.29 is 4.74 Å². The molecule has 0 radical (unpaired) electrons. The third-order valence-electron chi connectivity index (χ3n) is 2.29. The Balaban J connectivity index is 2.41. The van der Waals surface area contributed by atoms with Gasteiger partial charge in [0, 0.05) is 17.8 Å². The van der Waals surface area contributed by atoms with Crippen LogP contribution in [-0.4, -0.2) is 13.2 Å². The molecule has 0 aromatic carbocycles. The van der Waals surface area contributed by atoms with Gasteiger partial charge in [-0.05, 0) is 23.4 Å². The van der Waals surface area contributed by atoms with Crippen molar-refractivity contribution in [2.24, 2.45) is 5.73 Å². The van der Waals surface area contributed by atoms with Gasteiger partial charge < -0.3 is 10.5 Å². The van der Waals surface area contributed by atoms with Gasteiger partial charge in [-0.25, -0.2) is 0 Å². The maximum Gasteiger partial charge on any atom is 0.0960 e. The van der Waals surface area contributed by atoms with Gasteiger partial charge >= 0.3 is 0 Å². The van der Waals surface area contributed by atoms with Crippen molar-refractivity contribution in [3.05, 3.63) is 21.4 Å². The van der Waals surface area contributed by atoms with E-state index in [0.29, 0.717) is 6.54 Å². The number of nitrogens with two attached hydrogens (primary N) is 1. The maximum atomic E-state index is 5.63. The van der Waals surface area contributed by atoms with E-state index in [-0.39, 0.29) is 6.10 Å². The van der Waals surface area contributed by atoms with E-state index in [1.807, 2.05) is 11.3 Å². The van der Waals surface area contributed by atoms with E-state index >= 15 is 0 Å². The van der Waals surface area contributed by atoms with Gasteiger partial charge in [-0.1, -0.05) is 0 Å². The SMILES string of the molecule is Cc1csc2c1C(CN)OCC2. The Morgan fingerprint density at radius 3 is 3.33 bits per heavy atom. The minimum Gasteiger partial charge on any atom is -0.372 e. The van der Waals surface area contributed by atoms with Crippen LogP contribution in [0, 0.1) is 6.92 Å². The second kappa shape index (κ2) is 3.17. The van der Waals surface area contributed by atoms with Gasteiger partial charge in [0.1, 0.15) is 0 Å². The molecule has 0 bridgehead atoms. The van der Waals surface area contributed by atoms with Crippen LogP contribution in [0.2, 0.25) is 0 Å². The molecule has 1 atom stereocenters. The van der Waals surface area contributed by atoms with Gasteiger partial charge in [-0.2, -0.15) is 0 Å². The van der Waals surface area contributed by atoms with E-state index in [2.05, 4.69) is 12.3 Å². The number of aryl methyl sites for hydroxylation is 1. The van der Waals surface area contributed by atoms with Crippen molar-refractivity contribution in [1.29, 1.82) is 0 Å². The summed E-state index contributed by atoms with van der Waals surface area (Å²) >= 11 is 1.84. The van der Waals surface area contributed by atoms with Crippen molar-refractivity contribution >= 4 is 11.3 Å². The molecule has 2 heterocycles. The fraction of sp³-hybridized carbons (Fsp3) is 0.556. The smallest absolute Gasteiger partial charge is 0.0960 e. The highest BCUT2D eigenvalue weighted by Gasteiger charge is 2.22. The molecule has 0 aliphatic carbocycles. The third kappa shape index (κ3) is 1.18. The summed E-state index contributed by atoms with van der Waals surface area (Å²) in [6.45, 7) is 3.56. The molecular formula is C9H13NOS. The fourth-order valence-electron chi connectivity index (χ4n) is 1.70. The number of ether oxygens (including phenoxy) is 1. The summed E-state index contributed by atoms with van der Waals surface area (Å²) in [6.07, 6.45) is 1.21. The molecule has 66 valence electrons. The summed E-state index contributed by atoms with van der Waals surface area (Å²) < 4.78 is 5.57. The summed E-state index contributed by atoms with van der Waals surface area (Å²) in [7, 11) is 0. The molecule has 0 spiro atoms. The lowest BCUT2D eigenvalue weighted by Crippen LogP contribution is -2.22. The molecule has 0 saturated carbocycles. The molecule has 2 rings (SSSR count). The van der Waals surface area contributed by atoms with Crippen molar-refractivity contribution in [3.63, 3.8) is 0 Å². The monoisotopic (exact) mass is 183 g/mol. The second-order valence-corrected chi connectivity index (χ2v) is 4.06. The van der Waals surface area contributed by atoms with E-state index < -0.39 is 0 Å². The molecule has 1 aliphatic heterocycles. The summed E-state index contributed by atoms with van der Waals surface area (Å²) in [5.74, 6) is 0. The van der Waals surface area contributed by atoms with E-state index in [1.165, 1.54) is 16.0 Å². The molecule has 0 amide bonds. The molecule has 0 fully saturated rings. The van der Waals surface area contributed by atoms with Crippen LogP contribution in [0.15, 0.2) is 5.38 Å². The molecule has 2 nitrogen and oxygen atoms in total. The van der Waals surface area contributed by atoms with Crippen LogP contribution in [-0.2, 0) is 11.2 Å². The highest BCUT2D eigenvalue weighted by Crippen LogP contribution is 2.33. The Morgan fingerprint density at radius 1 is 1.75 bits per heavy atom. The minimum absolute atomic E-state index is 0.153. The molecule has 12 heavy (non-hydrogen) atoms. The average molecular weight is 183 g/mol. The molecule has 1 aromatic heterocycles. The third-order valence-corrected chi connectivity index (χ3v) is 3.47. The summed E-state index contributed by atoms with van der Waals surface area (Å²) in [5.41, 5.74) is 8.32. The first-order chi connectivity index (χ1) is 5.83. The van der Waals surface area contributed by atoms with Crippen molar-refractivity contribution in [1.82, 2.24) is 0 Å². The van der Waals surface area contributed by atoms with Crippen LogP contribution in [0.1, 0.15) is 22.1 Å². The maximum absolute atomic E-state index is 5.63. The normalized spacial score (nSPS) is 22.3. The second-order valence-electron chi connectivity index (χ2n) is 3.10. The molecule has 1 unspecified atom stereocenters. The lowest BCUT2D eigenvalue weighted by atomic mass is 10.0. The zero-order chi connectivity index (χ0) is 8.55. The zero-order valence-corrected chi connectivity index (χ0v) is 7.99. The van der Waals surface area contributed by atoms with Crippen LogP contribution in [0.25, 0.3) is 0 Å². The van der Waals surface area contributed by atoms with E-state index in [1.54, 1.807) is 0 Å². The lowest BCUT2D eigenvalue weighted by Gasteiger charge is -2.22. The largest absolute Gasteiger partial charge is 0.372 e. The summed E-state index contributed by atoms with van der Waals surface area (Å²) in [5, 5.41) is 2.20. The first-order valence-corrected chi connectivity index (χ1v) is 5.09. The molecule has 1 aromatic rings. The highest BCUT2D eigenvalue weighted by atomic mass is 32.1. The van der Waals surface area contributed by atoms with E-state index in [4.69, 9.17) is 10.5 Å². The number of rotatable bonds is 1. The molecule has 0 saturated heterocycles. The van der Waals surface area contributed by atoms with Crippen LogP contribution < -0.4 is 5.73 Å². The molecule has 3 heteroatoms. The van der Waals surface area contributed by atoms with E-state index in [9.17, 15) is 0 Å². The molecule has 1 aliphatic rings. The van der Waals surface area contributed by atoms with Crippen LogP contribution in [0.4, 0.5) is 0 Å². The first-order valence-electron chi connectivity index (χ1n) is 4.21. The Hall–Kier alpha value is -0.380. The minimum atomic E-state index is 0.153. The summed E-state index contributed by atoms with van der Waals surface area (Å²) in [6, 6.07) is 0. The number of hydrogen-bond donors (Lipinski definition) is 1. The van der Waals surface area contributed by atoms with Crippen LogP contribution in [0.3, 0.4) is 0 Å². The molecular weight excluding hydrogens is 170 g/mol. The predicted octanol–water partition coefficient (Wildman–Crippen LogP) is 1.63. The quantitative estimate of drug-likeness (QED) is 0.718. The molecule has 2 N–H and O–H groups in total. The van der Waals surface area contributed by atoms with Gasteiger partial charge in [-0.15, -0.1) is 11.3 Å². The predicted molar refractivity (Wildman–Crippen MR) is 50.5 cm³/mol. The van der Waals surface area contributed by atoms with Crippen LogP contribution >= 0.6 is 11.3 Å². The first kappa shape index (κ1) is 8.23. The van der Waals surface area contributed by atoms with Gasteiger partial charge in [-0.3, -0.25) is 0 Å².